The first kappa shape index (κ1) is 17.9. The first-order chi connectivity index (χ1) is 9.65. The third-order valence-corrected chi connectivity index (χ3v) is 3.41. The fraction of sp³-hybridized carbons (Fsp3) is 0.533. The lowest BCUT2D eigenvalue weighted by molar-refractivity contribution is 0.310. The van der Waals surface area contributed by atoms with E-state index in [2.05, 4.69) is 4.99 Å². The molecule has 0 aliphatic heterocycles. The van der Waals surface area contributed by atoms with Gasteiger partial charge in [0, 0.05) is 13.1 Å². The van der Waals surface area contributed by atoms with Crippen LogP contribution in [0.15, 0.2) is 23.2 Å². The molecule has 1 aliphatic carbocycles. The van der Waals surface area contributed by atoms with E-state index in [9.17, 15) is 0 Å². The Hall–Kier alpha value is -1.18. The van der Waals surface area contributed by atoms with Crippen LogP contribution in [0.4, 0.5) is 0 Å². The number of methoxy groups -OCH3 is 1. The number of nitrogens with two attached hydrogens (primary N) is 1. The molecule has 1 aromatic carbocycles. The number of aliphatic imine (C=N–C) groups is 1. The molecule has 2 rings (SSSR count). The van der Waals surface area contributed by atoms with Gasteiger partial charge in [0.25, 0.3) is 0 Å². The summed E-state index contributed by atoms with van der Waals surface area (Å²) in [7, 11) is 3.63. The number of halogens is 1. The van der Waals surface area contributed by atoms with E-state index in [-0.39, 0.29) is 24.0 Å². The summed E-state index contributed by atoms with van der Waals surface area (Å²) in [5.41, 5.74) is 7.04. The van der Waals surface area contributed by atoms with Crippen LogP contribution in [0.2, 0.25) is 0 Å². The van der Waals surface area contributed by atoms with Crippen LogP contribution in [0, 0.1) is 0 Å². The normalized spacial score (nSPS) is 14.3. The van der Waals surface area contributed by atoms with Gasteiger partial charge in [0.2, 0.25) is 0 Å². The van der Waals surface area contributed by atoms with Gasteiger partial charge in [0.1, 0.15) is 0 Å². The number of ether oxygens (including phenoxy) is 2. The topological polar surface area (TPSA) is 60.1 Å². The van der Waals surface area contributed by atoms with Gasteiger partial charge in [-0.05, 0) is 37.5 Å². The molecular weight excluding hydrogens is 381 g/mol. The highest BCUT2D eigenvalue weighted by Crippen LogP contribution is 2.28. The molecule has 1 aliphatic rings. The zero-order valence-electron chi connectivity index (χ0n) is 12.8. The van der Waals surface area contributed by atoms with Crippen molar-refractivity contribution in [2.75, 3.05) is 20.8 Å². The zero-order chi connectivity index (χ0) is 14.5. The van der Waals surface area contributed by atoms with E-state index < -0.39 is 0 Å². The molecule has 6 heteroatoms. The Morgan fingerprint density at radius 2 is 2.10 bits per heavy atom. The lowest BCUT2D eigenvalue weighted by Gasteiger charge is -2.17. The van der Waals surface area contributed by atoms with Gasteiger partial charge in [-0.2, -0.15) is 0 Å². The molecule has 118 valence electrons. The van der Waals surface area contributed by atoms with Crippen LogP contribution in [0.3, 0.4) is 0 Å². The largest absolute Gasteiger partial charge is 0.493 e. The summed E-state index contributed by atoms with van der Waals surface area (Å²) in [4.78, 5) is 6.48. The SMILES string of the molecule is CCOc1cc(CN=C(N)N(C)C2CC2)ccc1OC.I. The average molecular weight is 405 g/mol. The van der Waals surface area contributed by atoms with Crippen molar-refractivity contribution in [3.05, 3.63) is 23.8 Å². The molecule has 0 spiro atoms. The highest BCUT2D eigenvalue weighted by atomic mass is 127. The molecule has 0 amide bonds. The number of hydrogen-bond acceptors (Lipinski definition) is 3. The molecule has 0 atom stereocenters. The summed E-state index contributed by atoms with van der Waals surface area (Å²) < 4.78 is 10.8. The van der Waals surface area contributed by atoms with Crippen molar-refractivity contribution >= 4 is 29.9 Å². The zero-order valence-corrected chi connectivity index (χ0v) is 15.2. The minimum Gasteiger partial charge on any atom is -0.493 e. The fourth-order valence-corrected chi connectivity index (χ4v) is 2.02. The van der Waals surface area contributed by atoms with Crippen molar-refractivity contribution in [3.63, 3.8) is 0 Å². The molecule has 5 nitrogen and oxygen atoms in total. The van der Waals surface area contributed by atoms with Gasteiger partial charge in [-0.1, -0.05) is 6.07 Å². The van der Waals surface area contributed by atoms with Crippen LogP contribution >= 0.6 is 24.0 Å². The maximum absolute atomic E-state index is 5.98. The molecule has 1 saturated carbocycles. The van der Waals surface area contributed by atoms with Crippen molar-refractivity contribution in [3.8, 4) is 11.5 Å². The van der Waals surface area contributed by atoms with Gasteiger partial charge in [-0.3, -0.25) is 0 Å². The summed E-state index contributed by atoms with van der Waals surface area (Å²) in [5.74, 6) is 2.08. The molecule has 0 heterocycles. The lowest BCUT2D eigenvalue weighted by Crippen LogP contribution is -2.35. The Kier molecular flexibility index (Phi) is 7.07. The van der Waals surface area contributed by atoms with Crippen molar-refractivity contribution in [2.24, 2.45) is 10.7 Å². The van der Waals surface area contributed by atoms with E-state index >= 15 is 0 Å². The van der Waals surface area contributed by atoms with Crippen molar-refractivity contribution in [1.82, 2.24) is 4.90 Å². The third kappa shape index (κ3) is 4.94. The minimum absolute atomic E-state index is 0. The van der Waals surface area contributed by atoms with E-state index in [0.717, 1.165) is 17.1 Å². The van der Waals surface area contributed by atoms with Crippen LogP contribution in [0.5, 0.6) is 11.5 Å². The maximum Gasteiger partial charge on any atom is 0.191 e. The van der Waals surface area contributed by atoms with Crippen LogP contribution in [0.25, 0.3) is 0 Å². The second-order valence-corrected chi connectivity index (χ2v) is 4.93. The number of rotatable bonds is 6. The summed E-state index contributed by atoms with van der Waals surface area (Å²) in [6, 6.07) is 6.41. The predicted molar refractivity (Wildman–Crippen MR) is 95.7 cm³/mol. The van der Waals surface area contributed by atoms with E-state index in [4.69, 9.17) is 15.2 Å². The molecular formula is C15H24IN3O2. The van der Waals surface area contributed by atoms with Crippen molar-refractivity contribution in [2.45, 2.75) is 32.4 Å². The van der Waals surface area contributed by atoms with Gasteiger partial charge >= 0.3 is 0 Å². The number of hydrogen-bond donors (Lipinski definition) is 1. The van der Waals surface area contributed by atoms with E-state index in [1.54, 1.807) is 7.11 Å². The highest BCUT2D eigenvalue weighted by Gasteiger charge is 2.27. The first-order valence-electron chi connectivity index (χ1n) is 6.98. The second kappa shape index (κ2) is 8.31. The average Bonchev–Trinajstić information content (AvgIpc) is 3.29. The summed E-state index contributed by atoms with van der Waals surface area (Å²) in [5, 5.41) is 0. The van der Waals surface area contributed by atoms with Crippen LogP contribution in [-0.4, -0.2) is 37.7 Å². The first-order valence-corrected chi connectivity index (χ1v) is 6.98. The number of benzene rings is 1. The van der Waals surface area contributed by atoms with Gasteiger partial charge in [-0.25, -0.2) is 4.99 Å². The summed E-state index contributed by atoms with van der Waals surface area (Å²) in [6.45, 7) is 3.11. The van der Waals surface area contributed by atoms with Gasteiger partial charge in [0.05, 0.1) is 20.3 Å². The van der Waals surface area contributed by atoms with Crippen LogP contribution in [0.1, 0.15) is 25.3 Å². The summed E-state index contributed by atoms with van der Waals surface area (Å²) in [6.07, 6.45) is 2.42. The fourth-order valence-electron chi connectivity index (χ4n) is 2.02. The van der Waals surface area contributed by atoms with Gasteiger partial charge in [-0.15, -0.1) is 24.0 Å². The number of guanidine groups is 1. The Bertz CT molecular complexity index is 490. The Balaban J connectivity index is 0.00000220. The monoisotopic (exact) mass is 405 g/mol. The minimum atomic E-state index is 0. The van der Waals surface area contributed by atoms with E-state index in [1.165, 1.54) is 12.8 Å². The molecule has 0 aromatic heterocycles. The standard InChI is InChI=1S/C15H23N3O2.HI/c1-4-20-14-9-11(5-8-13(14)19-3)10-17-15(16)18(2)12-6-7-12;/h5,8-9,12H,4,6-7,10H2,1-3H3,(H2,16,17);1H. The van der Waals surface area contributed by atoms with E-state index in [0.29, 0.717) is 25.2 Å². The van der Waals surface area contributed by atoms with Crippen LogP contribution in [-0.2, 0) is 6.54 Å². The maximum atomic E-state index is 5.98. The van der Waals surface area contributed by atoms with E-state index in [1.807, 2.05) is 37.1 Å². The summed E-state index contributed by atoms with van der Waals surface area (Å²) >= 11 is 0. The quantitative estimate of drug-likeness (QED) is 0.449. The van der Waals surface area contributed by atoms with Gasteiger partial charge in [0.15, 0.2) is 17.5 Å². The van der Waals surface area contributed by atoms with Crippen molar-refractivity contribution in [1.29, 1.82) is 0 Å². The molecule has 1 fully saturated rings. The molecule has 1 aromatic rings. The molecule has 0 unspecified atom stereocenters. The molecule has 0 radical (unpaired) electrons. The smallest absolute Gasteiger partial charge is 0.191 e. The third-order valence-electron chi connectivity index (χ3n) is 3.41. The molecule has 0 saturated heterocycles. The van der Waals surface area contributed by atoms with Gasteiger partial charge < -0.3 is 20.1 Å². The Labute approximate surface area is 143 Å². The molecule has 2 N–H and O–H groups in total. The lowest BCUT2D eigenvalue weighted by atomic mass is 10.2. The highest BCUT2D eigenvalue weighted by molar-refractivity contribution is 14.0. The van der Waals surface area contributed by atoms with Crippen LogP contribution < -0.4 is 15.2 Å². The second-order valence-electron chi connectivity index (χ2n) is 4.93. The van der Waals surface area contributed by atoms with Crippen molar-refractivity contribution < 1.29 is 9.47 Å². The number of nitrogens with zero attached hydrogens (tertiary/aromatic N) is 2. The Morgan fingerprint density at radius 3 is 2.67 bits per heavy atom. The predicted octanol–water partition coefficient (Wildman–Crippen LogP) is 2.62. The Morgan fingerprint density at radius 1 is 1.38 bits per heavy atom. The molecule has 21 heavy (non-hydrogen) atoms. The molecule has 0 bridgehead atoms.